The van der Waals surface area contributed by atoms with E-state index in [1.165, 1.54) is 12.1 Å². The average molecular weight is 337 g/mol. The molecule has 1 aromatic heterocycles. The third kappa shape index (κ3) is 4.53. The first-order valence-corrected chi connectivity index (χ1v) is 7.80. The summed E-state index contributed by atoms with van der Waals surface area (Å²) < 4.78 is 30.5. The summed E-state index contributed by atoms with van der Waals surface area (Å²) >= 11 is 0. The van der Waals surface area contributed by atoms with Gasteiger partial charge >= 0.3 is 6.61 Å². The van der Waals surface area contributed by atoms with Crippen molar-refractivity contribution in [2.75, 3.05) is 0 Å². The number of nitrogens with one attached hydrogen (secondary N) is 1. The maximum Gasteiger partial charge on any atom is 0.387 e. The Balaban J connectivity index is 2.05. The fourth-order valence-electron chi connectivity index (χ4n) is 2.25. The number of ether oxygens (including phenoxy) is 1. The zero-order chi connectivity index (χ0) is 17.7. The molecule has 2 rings (SSSR count). The van der Waals surface area contributed by atoms with Gasteiger partial charge in [0.1, 0.15) is 11.4 Å². The number of alkyl halides is 2. The summed E-state index contributed by atoms with van der Waals surface area (Å²) in [6.45, 7) is 3.87. The van der Waals surface area contributed by atoms with Crippen LogP contribution in [-0.2, 0) is 13.1 Å². The van der Waals surface area contributed by atoms with Gasteiger partial charge in [0.15, 0.2) is 0 Å². The van der Waals surface area contributed by atoms with Crippen LogP contribution in [0.5, 0.6) is 5.75 Å². The smallest absolute Gasteiger partial charge is 0.387 e. The highest BCUT2D eigenvalue weighted by atomic mass is 19.3. The summed E-state index contributed by atoms with van der Waals surface area (Å²) in [5.41, 5.74) is 2.02. The van der Waals surface area contributed by atoms with Crippen molar-refractivity contribution in [3.8, 4) is 5.75 Å². The molecule has 0 aliphatic carbocycles. The maximum atomic E-state index is 12.4. The predicted octanol–water partition coefficient (Wildman–Crippen LogP) is 3.56. The number of hydrogen-bond acceptors (Lipinski definition) is 3. The summed E-state index contributed by atoms with van der Waals surface area (Å²) in [5, 5.41) is 7.18. The summed E-state index contributed by atoms with van der Waals surface area (Å²) in [6, 6.07) is 8.03. The zero-order valence-electron chi connectivity index (χ0n) is 13.9. The van der Waals surface area contributed by atoms with Gasteiger partial charge in [-0.3, -0.25) is 9.48 Å². The number of carbonyl (C=O) groups excluding carboxylic acids is 1. The molecular formula is C17H21F2N3O2. The minimum Gasteiger partial charge on any atom is -0.435 e. The van der Waals surface area contributed by atoms with Crippen molar-refractivity contribution in [1.82, 2.24) is 15.1 Å². The van der Waals surface area contributed by atoms with Crippen LogP contribution in [-0.4, -0.2) is 22.3 Å². The molecule has 0 atom stereocenters. The summed E-state index contributed by atoms with van der Waals surface area (Å²) in [7, 11) is 0. The molecule has 1 heterocycles. The summed E-state index contributed by atoms with van der Waals surface area (Å²) in [4.78, 5) is 12.4. The molecule has 2 aromatic rings. The fourth-order valence-corrected chi connectivity index (χ4v) is 2.25. The van der Waals surface area contributed by atoms with Gasteiger partial charge in [-0.2, -0.15) is 13.9 Å². The summed E-state index contributed by atoms with van der Waals surface area (Å²) in [6.07, 6.45) is 0. The molecule has 130 valence electrons. The Morgan fingerprint density at radius 1 is 1.33 bits per heavy atom. The largest absolute Gasteiger partial charge is 0.435 e. The van der Waals surface area contributed by atoms with Crippen LogP contribution in [0.2, 0.25) is 0 Å². The van der Waals surface area contributed by atoms with Gasteiger partial charge in [-0.05, 0) is 36.6 Å². The molecule has 24 heavy (non-hydrogen) atoms. The van der Waals surface area contributed by atoms with Crippen LogP contribution in [0.3, 0.4) is 0 Å². The Labute approximate surface area is 139 Å². The van der Waals surface area contributed by atoms with Crippen LogP contribution in [0.25, 0.3) is 0 Å². The fraction of sp³-hybridized carbons (Fsp3) is 0.412. The van der Waals surface area contributed by atoms with Gasteiger partial charge in [-0.1, -0.05) is 26.0 Å². The monoisotopic (exact) mass is 337 g/mol. The number of halogens is 2. The molecule has 5 nitrogen and oxygen atoms in total. The van der Waals surface area contributed by atoms with Crippen LogP contribution < -0.4 is 10.1 Å². The van der Waals surface area contributed by atoms with Gasteiger partial charge in [0.05, 0.1) is 5.69 Å². The third-order valence-electron chi connectivity index (χ3n) is 3.50. The number of nitrogens with zero attached hydrogens (tertiary/aromatic N) is 2. The Morgan fingerprint density at radius 2 is 2.08 bits per heavy atom. The van der Waals surface area contributed by atoms with Gasteiger partial charge in [0.25, 0.3) is 5.91 Å². The van der Waals surface area contributed by atoms with E-state index >= 15 is 0 Å². The molecule has 0 saturated heterocycles. The molecule has 0 bridgehead atoms. The molecule has 0 aliphatic rings. The number of hydrogen-bond donors (Lipinski definition) is 1. The number of amides is 1. The van der Waals surface area contributed by atoms with Crippen LogP contribution in [0.1, 0.15) is 48.4 Å². The Bertz CT molecular complexity index is 699. The molecule has 0 radical (unpaired) electrons. The molecular weight excluding hydrogens is 316 g/mol. The van der Waals surface area contributed by atoms with Crippen molar-refractivity contribution in [3.05, 3.63) is 47.3 Å². The van der Waals surface area contributed by atoms with Crippen molar-refractivity contribution in [3.63, 3.8) is 0 Å². The molecule has 0 spiro atoms. The molecule has 0 fully saturated rings. The number of carbonyl (C=O) groups is 1. The van der Waals surface area contributed by atoms with Gasteiger partial charge in [-0.15, -0.1) is 0 Å². The second-order valence-electron chi connectivity index (χ2n) is 5.63. The van der Waals surface area contributed by atoms with Crippen molar-refractivity contribution >= 4 is 5.91 Å². The number of aromatic nitrogens is 2. The van der Waals surface area contributed by atoms with Crippen molar-refractivity contribution in [2.24, 2.45) is 0 Å². The molecule has 7 heteroatoms. The van der Waals surface area contributed by atoms with E-state index in [0.29, 0.717) is 17.8 Å². The van der Waals surface area contributed by atoms with Gasteiger partial charge < -0.3 is 10.1 Å². The highest BCUT2D eigenvalue weighted by Gasteiger charge is 2.16. The van der Waals surface area contributed by atoms with Crippen LogP contribution in [0, 0.1) is 0 Å². The first-order valence-electron chi connectivity index (χ1n) is 7.80. The van der Waals surface area contributed by atoms with Crippen LogP contribution in [0.4, 0.5) is 8.78 Å². The van der Waals surface area contributed by atoms with Gasteiger partial charge in [-0.25, -0.2) is 0 Å². The molecule has 1 aromatic carbocycles. The topological polar surface area (TPSA) is 56.2 Å². The van der Waals surface area contributed by atoms with Crippen LogP contribution in [0.15, 0.2) is 30.3 Å². The Kier molecular flexibility index (Phi) is 5.89. The standard InChI is InChI=1S/C17H21F2N3O2/c1-4-22-15(9-14(21-22)11(2)3)16(23)20-10-12-6-5-7-13(8-12)24-17(18)19/h5-9,11,17H,4,10H2,1-3H3,(H,20,23). The number of aryl methyl sites for hydroxylation is 1. The lowest BCUT2D eigenvalue weighted by molar-refractivity contribution is -0.0498. The summed E-state index contributed by atoms with van der Waals surface area (Å²) in [5.74, 6) is 0.0430. The lowest BCUT2D eigenvalue weighted by Gasteiger charge is -2.09. The SMILES string of the molecule is CCn1nc(C(C)C)cc1C(=O)NCc1cccc(OC(F)F)c1. The van der Waals surface area contributed by atoms with Crippen molar-refractivity contribution < 1.29 is 18.3 Å². The van der Waals surface area contributed by atoms with Gasteiger partial charge in [0.2, 0.25) is 0 Å². The quantitative estimate of drug-likeness (QED) is 0.840. The average Bonchev–Trinajstić information content (AvgIpc) is 2.97. The van der Waals surface area contributed by atoms with E-state index < -0.39 is 6.61 Å². The minimum atomic E-state index is -2.87. The zero-order valence-corrected chi connectivity index (χ0v) is 13.9. The van der Waals surface area contributed by atoms with Gasteiger partial charge in [0, 0.05) is 13.1 Å². The lowest BCUT2D eigenvalue weighted by Crippen LogP contribution is -2.25. The lowest BCUT2D eigenvalue weighted by atomic mass is 10.1. The van der Waals surface area contributed by atoms with E-state index in [2.05, 4.69) is 15.2 Å². The molecule has 0 aliphatic heterocycles. The van der Waals surface area contributed by atoms with E-state index in [9.17, 15) is 13.6 Å². The first kappa shape index (κ1) is 17.9. The van der Waals surface area contributed by atoms with Crippen molar-refractivity contribution in [2.45, 2.75) is 46.4 Å². The van der Waals surface area contributed by atoms with E-state index in [1.807, 2.05) is 20.8 Å². The van der Waals surface area contributed by atoms with Crippen molar-refractivity contribution in [1.29, 1.82) is 0 Å². The number of benzene rings is 1. The Hall–Kier alpha value is -2.44. The highest BCUT2D eigenvalue weighted by Crippen LogP contribution is 2.17. The third-order valence-corrected chi connectivity index (χ3v) is 3.50. The minimum absolute atomic E-state index is 0.0671. The maximum absolute atomic E-state index is 12.4. The predicted molar refractivity (Wildman–Crippen MR) is 86.2 cm³/mol. The highest BCUT2D eigenvalue weighted by molar-refractivity contribution is 5.92. The van der Waals surface area contributed by atoms with E-state index in [0.717, 1.165) is 5.69 Å². The normalized spacial score (nSPS) is 11.1. The second kappa shape index (κ2) is 7.90. The Morgan fingerprint density at radius 3 is 2.71 bits per heavy atom. The van der Waals surface area contributed by atoms with E-state index in [4.69, 9.17) is 0 Å². The molecule has 1 N–H and O–H groups in total. The van der Waals surface area contributed by atoms with E-state index in [-0.39, 0.29) is 24.1 Å². The first-order chi connectivity index (χ1) is 11.4. The number of rotatable bonds is 7. The molecule has 0 unspecified atom stereocenters. The molecule has 0 saturated carbocycles. The molecule has 1 amide bonds. The van der Waals surface area contributed by atoms with E-state index in [1.54, 1.807) is 22.9 Å². The second-order valence-corrected chi connectivity index (χ2v) is 5.63. The van der Waals surface area contributed by atoms with Crippen LogP contribution >= 0.6 is 0 Å².